The van der Waals surface area contributed by atoms with E-state index in [1.165, 1.54) is 5.56 Å². The number of benzene rings is 1. The van der Waals surface area contributed by atoms with Gasteiger partial charge in [-0.3, -0.25) is 5.32 Å². The fourth-order valence-electron chi connectivity index (χ4n) is 4.50. The van der Waals surface area contributed by atoms with Gasteiger partial charge < -0.3 is 24.1 Å². The van der Waals surface area contributed by atoms with Crippen LogP contribution in [0.15, 0.2) is 18.2 Å². The van der Waals surface area contributed by atoms with Crippen molar-refractivity contribution < 1.29 is 28.8 Å². The summed E-state index contributed by atoms with van der Waals surface area (Å²) in [5.41, 5.74) is 0.655. The number of carbonyl (C=O) groups is 1. The van der Waals surface area contributed by atoms with Crippen LogP contribution in [0.5, 0.6) is 11.5 Å². The minimum atomic E-state index is -0.919. The summed E-state index contributed by atoms with van der Waals surface area (Å²) >= 11 is 0. The second-order valence-electron chi connectivity index (χ2n) is 11.7. The summed E-state index contributed by atoms with van der Waals surface area (Å²) in [5.74, 6) is 2.84. The first-order valence-electron chi connectivity index (χ1n) is 13.8. The van der Waals surface area contributed by atoms with Crippen molar-refractivity contribution in [3.05, 3.63) is 23.8 Å². The Balaban J connectivity index is 2.66. The lowest BCUT2D eigenvalue weighted by atomic mass is 9.83. The number of nitrogens with one attached hydrogen (secondary N) is 1. The molecule has 0 spiro atoms. The first-order valence-corrected chi connectivity index (χ1v) is 13.8. The first kappa shape index (κ1) is 33.0. The smallest absolute Gasteiger partial charge is 0.409 e. The molecule has 0 aromatic heterocycles. The molecule has 0 fully saturated rings. The van der Waals surface area contributed by atoms with E-state index in [1.54, 1.807) is 14.2 Å². The van der Waals surface area contributed by atoms with Crippen LogP contribution < -0.4 is 14.8 Å². The molecule has 37 heavy (non-hydrogen) atoms. The molecule has 1 rings (SSSR count). The number of aliphatic hydroxyl groups excluding tert-OH is 1. The Morgan fingerprint density at radius 2 is 1.62 bits per heavy atom. The summed E-state index contributed by atoms with van der Waals surface area (Å²) in [7, 11) is 3.36. The molecule has 0 aliphatic carbocycles. The average molecular weight is 524 g/mol. The molecule has 1 unspecified atom stereocenters. The van der Waals surface area contributed by atoms with Gasteiger partial charge in [0.15, 0.2) is 11.5 Å². The summed E-state index contributed by atoms with van der Waals surface area (Å²) < 4.78 is 21.9. The second-order valence-corrected chi connectivity index (χ2v) is 11.7. The Bertz CT molecular complexity index is 774. The number of rotatable bonds is 17. The van der Waals surface area contributed by atoms with Crippen molar-refractivity contribution in [2.75, 3.05) is 27.4 Å². The highest BCUT2D eigenvalue weighted by atomic mass is 16.6. The quantitative estimate of drug-likeness (QED) is 0.177. The van der Waals surface area contributed by atoms with E-state index in [4.69, 9.17) is 18.9 Å². The zero-order chi connectivity index (χ0) is 28.0. The van der Waals surface area contributed by atoms with Crippen LogP contribution in [0.25, 0.3) is 0 Å². The number of methoxy groups -OCH3 is 2. The minimum absolute atomic E-state index is 0.0237. The molecule has 214 valence electrons. The molecule has 0 radical (unpaired) electrons. The third-order valence-corrected chi connectivity index (χ3v) is 6.71. The number of hydrogen-bond donors (Lipinski definition) is 2. The fraction of sp³-hybridized carbons (Fsp3) is 0.767. The lowest BCUT2D eigenvalue weighted by Crippen LogP contribution is -2.44. The van der Waals surface area contributed by atoms with E-state index in [2.05, 4.69) is 45.1 Å². The lowest BCUT2D eigenvalue weighted by molar-refractivity contribution is 0.0120. The fourth-order valence-corrected chi connectivity index (χ4v) is 4.50. The molecule has 1 amide bonds. The molecule has 1 aromatic rings. The Morgan fingerprint density at radius 1 is 0.946 bits per heavy atom. The molecule has 0 aliphatic rings. The van der Waals surface area contributed by atoms with Crippen LogP contribution in [0.2, 0.25) is 0 Å². The molecule has 0 bridgehead atoms. The lowest BCUT2D eigenvalue weighted by Gasteiger charge is -2.29. The summed E-state index contributed by atoms with van der Waals surface area (Å²) in [4.78, 5) is 12.1. The largest absolute Gasteiger partial charge is 0.493 e. The van der Waals surface area contributed by atoms with Crippen molar-refractivity contribution in [3.63, 3.8) is 0 Å². The first-order chi connectivity index (χ1) is 17.4. The van der Waals surface area contributed by atoms with E-state index in [9.17, 15) is 9.90 Å². The Kier molecular flexibility index (Phi) is 15.0. The van der Waals surface area contributed by atoms with Crippen LogP contribution >= 0.6 is 0 Å². The molecule has 3 atom stereocenters. The van der Waals surface area contributed by atoms with Gasteiger partial charge in [0.2, 0.25) is 0 Å². The van der Waals surface area contributed by atoms with E-state index in [-0.39, 0.29) is 11.8 Å². The second kappa shape index (κ2) is 16.8. The maximum absolute atomic E-state index is 12.1. The molecule has 7 heteroatoms. The van der Waals surface area contributed by atoms with Gasteiger partial charge >= 0.3 is 6.09 Å². The molecular weight excluding hydrogens is 470 g/mol. The minimum Gasteiger partial charge on any atom is -0.493 e. The summed E-state index contributed by atoms with van der Waals surface area (Å²) in [6.07, 6.45) is 4.33. The molecule has 0 aliphatic heterocycles. The molecule has 0 saturated carbocycles. The van der Waals surface area contributed by atoms with Crippen molar-refractivity contribution in [3.8, 4) is 11.5 Å². The molecule has 7 nitrogen and oxygen atoms in total. The monoisotopic (exact) mass is 523 g/mol. The van der Waals surface area contributed by atoms with E-state index < -0.39 is 17.9 Å². The van der Waals surface area contributed by atoms with E-state index in [0.29, 0.717) is 25.0 Å². The van der Waals surface area contributed by atoms with Crippen LogP contribution in [-0.2, 0) is 15.9 Å². The van der Waals surface area contributed by atoms with Crippen LogP contribution in [0.1, 0.15) is 86.1 Å². The van der Waals surface area contributed by atoms with Crippen LogP contribution in [0, 0.1) is 23.7 Å². The number of aliphatic hydroxyl groups is 1. The van der Waals surface area contributed by atoms with E-state index in [0.717, 1.165) is 50.0 Å². The van der Waals surface area contributed by atoms with Gasteiger partial charge in [-0.05, 0) is 75.5 Å². The number of unbranched alkanes of at least 4 members (excludes halogenated alkanes) is 1. The van der Waals surface area contributed by atoms with E-state index in [1.807, 2.05) is 26.8 Å². The zero-order valence-corrected chi connectivity index (χ0v) is 24.8. The maximum atomic E-state index is 12.1. The van der Waals surface area contributed by atoms with Gasteiger partial charge in [0.1, 0.15) is 11.8 Å². The summed E-state index contributed by atoms with van der Waals surface area (Å²) in [6.45, 7) is 15.4. The van der Waals surface area contributed by atoms with Gasteiger partial charge in [-0.25, -0.2) is 4.79 Å². The van der Waals surface area contributed by atoms with Crippen molar-refractivity contribution in [2.45, 2.75) is 98.8 Å². The third kappa shape index (κ3) is 13.4. The molecule has 0 heterocycles. The van der Waals surface area contributed by atoms with E-state index >= 15 is 0 Å². The van der Waals surface area contributed by atoms with Crippen LogP contribution in [0.3, 0.4) is 0 Å². The molecule has 1 aromatic carbocycles. The predicted molar refractivity (Wildman–Crippen MR) is 149 cm³/mol. The normalized spacial score (nSPS) is 14.4. The Morgan fingerprint density at radius 3 is 2.19 bits per heavy atom. The highest BCUT2D eigenvalue weighted by Crippen LogP contribution is 2.32. The van der Waals surface area contributed by atoms with Gasteiger partial charge in [-0.2, -0.15) is 0 Å². The van der Waals surface area contributed by atoms with Gasteiger partial charge in [-0.15, -0.1) is 0 Å². The molecule has 2 N–H and O–H groups in total. The Labute approximate surface area is 225 Å². The number of hydrogen-bond acceptors (Lipinski definition) is 6. The van der Waals surface area contributed by atoms with Crippen molar-refractivity contribution >= 4 is 6.09 Å². The number of amides is 1. The SMILES string of the molecule is COCCCOc1cc(C[C@H](CCCC[C@@H](C(C)C)C(O)NC(=O)OC(C)(C)C)C(C)C)ccc1OC. The summed E-state index contributed by atoms with van der Waals surface area (Å²) in [6, 6.07) is 6.23. The van der Waals surface area contributed by atoms with Gasteiger partial charge in [0, 0.05) is 26.1 Å². The Hall–Kier alpha value is -1.99. The topological polar surface area (TPSA) is 86.2 Å². The predicted octanol–water partition coefficient (Wildman–Crippen LogP) is 6.60. The number of carbonyl (C=O) groups excluding carboxylic acids is 1. The standard InChI is InChI=1S/C30H53NO6/c1-21(2)24(19-23-15-16-26(35-9)27(20-23)36-18-12-17-34-8)13-10-11-14-25(22(3)4)28(32)31-29(33)37-30(5,6)7/h15-16,20-22,24-25,28,32H,10-14,17-19H2,1-9H3,(H,31,33)/t24-,25-,28?/m0/s1. The highest BCUT2D eigenvalue weighted by Gasteiger charge is 2.26. The van der Waals surface area contributed by atoms with Crippen LogP contribution in [0.4, 0.5) is 4.79 Å². The van der Waals surface area contributed by atoms with Crippen molar-refractivity contribution in [1.29, 1.82) is 0 Å². The molecular formula is C30H53NO6. The average Bonchev–Trinajstić information content (AvgIpc) is 2.79. The van der Waals surface area contributed by atoms with Gasteiger partial charge in [0.05, 0.1) is 13.7 Å². The number of ether oxygens (including phenoxy) is 4. The maximum Gasteiger partial charge on any atom is 0.409 e. The zero-order valence-electron chi connectivity index (χ0n) is 24.8. The van der Waals surface area contributed by atoms with Gasteiger partial charge in [-0.1, -0.05) is 46.6 Å². The van der Waals surface area contributed by atoms with Crippen molar-refractivity contribution in [1.82, 2.24) is 5.32 Å². The van der Waals surface area contributed by atoms with Crippen molar-refractivity contribution in [2.24, 2.45) is 23.7 Å². The number of alkyl carbamates (subject to hydrolysis) is 1. The molecule has 0 saturated heterocycles. The third-order valence-electron chi connectivity index (χ3n) is 6.71. The highest BCUT2D eigenvalue weighted by molar-refractivity contribution is 5.67. The van der Waals surface area contributed by atoms with Crippen LogP contribution in [-0.4, -0.2) is 50.5 Å². The summed E-state index contributed by atoms with van der Waals surface area (Å²) in [5, 5.41) is 13.3. The van der Waals surface area contributed by atoms with Gasteiger partial charge in [0.25, 0.3) is 0 Å².